The summed E-state index contributed by atoms with van der Waals surface area (Å²) in [6.07, 6.45) is 0.455. The first kappa shape index (κ1) is 12.7. The maximum Gasteiger partial charge on any atom is 0.169 e. The third-order valence-electron chi connectivity index (χ3n) is 3.37. The van der Waals surface area contributed by atoms with Gasteiger partial charge in [-0.05, 0) is 24.6 Å². The molecule has 0 bridgehead atoms. The third-order valence-corrected chi connectivity index (χ3v) is 3.37. The zero-order valence-corrected chi connectivity index (χ0v) is 11.4. The summed E-state index contributed by atoms with van der Waals surface area (Å²) < 4.78 is 11.2. The van der Waals surface area contributed by atoms with E-state index in [4.69, 9.17) is 9.47 Å². The van der Waals surface area contributed by atoms with E-state index in [1.807, 2.05) is 18.2 Å². The summed E-state index contributed by atoms with van der Waals surface area (Å²) in [5, 5.41) is 0. The van der Waals surface area contributed by atoms with Gasteiger partial charge in [0.25, 0.3) is 0 Å². The van der Waals surface area contributed by atoms with Crippen molar-refractivity contribution in [1.29, 1.82) is 0 Å². The average Bonchev–Trinajstić information content (AvgIpc) is 2.47. The molecule has 0 spiro atoms. The lowest BCUT2D eigenvalue weighted by Gasteiger charge is -2.17. The van der Waals surface area contributed by atoms with Crippen LogP contribution in [0.2, 0.25) is 0 Å². The van der Waals surface area contributed by atoms with Gasteiger partial charge >= 0.3 is 0 Å². The van der Waals surface area contributed by atoms with Crippen LogP contribution in [0.1, 0.15) is 27.9 Å². The highest BCUT2D eigenvalue weighted by atomic mass is 16.5. The average molecular weight is 268 g/mol. The van der Waals surface area contributed by atoms with Gasteiger partial charge in [-0.25, -0.2) is 0 Å². The number of benzene rings is 2. The summed E-state index contributed by atoms with van der Waals surface area (Å²) in [7, 11) is 0. The Kier molecular flexibility index (Phi) is 3.42. The molecule has 1 aliphatic rings. The first-order valence-electron chi connectivity index (χ1n) is 6.71. The van der Waals surface area contributed by atoms with Crippen molar-refractivity contribution in [2.24, 2.45) is 0 Å². The maximum absolute atomic E-state index is 11.7. The predicted molar refractivity (Wildman–Crippen MR) is 76.4 cm³/mol. The number of carbonyl (C=O) groups is 1. The molecule has 3 nitrogen and oxygen atoms in total. The van der Waals surface area contributed by atoms with Gasteiger partial charge in [0.1, 0.15) is 18.1 Å². The van der Waals surface area contributed by atoms with Gasteiger partial charge in [0.05, 0.1) is 12.2 Å². The van der Waals surface area contributed by atoms with Crippen LogP contribution in [0.5, 0.6) is 11.5 Å². The van der Waals surface area contributed by atoms with E-state index in [0.717, 1.165) is 11.3 Å². The van der Waals surface area contributed by atoms with E-state index >= 15 is 0 Å². The largest absolute Gasteiger partial charge is 0.492 e. The normalized spacial score (nSPS) is 13.6. The van der Waals surface area contributed by atoms with Crippen molar-refractivity contribution in [2.75, 3.05) is 6.61 Å². The SMILES string of the molecule is Cc1ccc(COc2ccc3c(c2)OCCC3=O)cc1. The number of ether oxygens (including phenoxy) is 2. The lowest BCUT2D eigenvalue weighted by molar-refractivity contribution is 0.0933. The molecule has 0 aromatic heterocycles. The van der Waals surface area contributed by atoms with Crippen LogP contribution in [-0.2, 0) is 6.61 Å². The standard InChI is InChI=1S/C17H16O3/c1-12-2-4-13(5-3-12)11-20-14-6-7-15-16(18)8-9-19-17(15)10-14/h2-7,10H,8-9,11H2,1H3. The van der Waals surface area contributed by atoms with E-state index in [1.165, 1.54) is 5.56 Å². The third kappa shape index (κ3) is 2.67. The zero-order valence-electron chi connectivity index (χ0n) is 11.4. The van der Waals surface area contributed by atoms with Crippen molar-refractivity contribution in [3.05, 3.63) is 59.2 Å². The maximum atomic E-state index is 11.7. The highest BCUT2D eigenvalue weighted by molar-refractivity contribution is 5.99. The number of carbonyl (C=O) groups excluding carboxylic acids is 1. The number of hydrogen-bond acceptors (Lipinski definition) is 3. The quantitative estimate of drug-likeness (QED) is 0.854. The monoisotopic (exact) mass is 268 g/mol. The number of hydrogen-bond donors (Lipinski definition) is 0. The predicted octanol–water partition coefficient (Wildman–Crippen LogP) is 3.54. The summed E-state index contributed by atoms with van der Waals surface area (Å²) in [5.41, 5.74) is 3.00. The molecule has 20 heavy (non-hydrogen) atoms. The second-order valence-electron chi connectivity index (χ2n) is 4.95. The number of Topliss-reactive ketones (excluding diaryl/α,β-unsaturated/α-hetero) is 1. The van der Waals surface area contributed by atoms with Crippen LogP contribution in [0.15, 0.2) is 42.5 Å². The molecule has 2 aromatic rings. The Balaban J connectivity index is 1.72. The van der Waals surface area contributed by atoms with E-state index in [1.54, 1.807) is 12.1 Å². The van der Waals surface area contributed by atoms with Crippen molar-refractivity contribution < 1.29 is 14.3 Å². The number of rotatable bonds is 3. The van der Waals surface area contributed by atoms with Crippen LogP contribution in [0.25, 0.3) is 0 Å². The molecule has 3 heteroatoms. The van der Waals surface area contributed by atoms with Crippen molar-refractivity contribution in [3.63, 3.8) is 0 Å². The fourth-order valence-corrected chi connectivity index (χ4v) is 2.18. The minimum Gasteiger partial charge on any atom is -0.492 e. The molecule has 0 N–H and O–H groups in total. The lowest BCUT2D eigenvalue weighted by atomic mass is 10.1. The van der Waals surface area contributed by atoms with Crippen LogP contribution in [0.3, 0.4) is 0 Å². The summed E-state index contributed by atoms with van der Waals surface area (Å²) in [5.74, 6) is 1.48. The molecule has 102 valence electrons. The van der Waals surface area contributed by atoms with Gasteiger partial charge in [-0.15, -0.1) is 0 Å². The van der Waals surface area contributed by atoms with Crippen LogP contribution >= 0.6 is 0 Å². The fourth-order valence-electron chi connectivity index (χ4n) is 2.18. The Bertz CT molecular complexity index is 629. The molecule has 1 heterocycles. The van der Waals surface area contributed by atoms with Crippen LogP contribution < -0.4 is 9.47 Å². The Morgan fingerprint density at radius 2 is 1.95 bits per heavy atom. The number of aryl methyl sites for hydroxylation is 1. The van der Waals surface area contributed by atoms with Gasteiger partial charge < -0.3 is 9.47 Å². The Hall–Kier alpha value is -2.29. The van der Waals surface area contributed by atoms with Crippen molar-refractivity contribution >= 4 is 5.78 Å². The summed E-state index contributed by atoms with van der Waals surface area (Å²) in [4.78, 5) is 11.7. The van der Waals surface area contributed by atoms with Crippen molar-refractivity contribution in [2.45, 2.75) is 20.0 Å². The van der Waals surface area contributed by atoms with E-state index in [9.17, 15) is 4.79 Å². The Morgan fingerprint density at radius 3 is 2.75 bits per heavy atom. The Labute approximate surface area is 118 Å². The van der Waals surface area contributed by atoms with E-state index in [2.05, 4.69) is 19.1 Å². The summed E-state index contributed by atoms with van der Waals surface area (Å²) in [6.45, 7) is 3.02. The first-order valence-corrected chi connectivity index (χ1v) is 6.71. The highest BCUT2D eigenvalue weighted by Gasteiger charge is 2.18. The van der Waals surface area contributed by atoms with Crippen molar-refractivity contribution in [1.82, 2.24) is 0 Å². The van der Waals surface area contributed by atoms with Gasteiger partial charge in [-0.1, -0.05) is 29.8 Å². The molecule has 0 atom stereocenters. The molecule has 0 saturated heterocycles. The van der Waals surface area contributed by atoms with Gasteiger partial charge in [0.2, 0.25) is 0 Å². The zero-order chi connectivity index (χ0) is 13.9. The topological polar surface area (TPSA) is 35.5 Å². The molecule has 0 aliphatic carbocycles. The van der Waals surface area contributed by atoms with Crippen LogP contribution in [0.4, 0.5) is 0 Å². The minimum absolute atomic E-state index is 0.135. The smallest absolute Gasteiger partial charge is 0.169 e. The lowest BCUT2D eigenvalue weighted by Crippen LogP contribution is -2.15. The molecule has 3 rings (SSSR count). The molecule has 0 unspecified atom stereocenters. The molecule has 0 saturated carbocycles. The van der Waals surface area contributed by atoms with Gasteiger partial charge in [-0.3, -0.25) is 4.79 Å². The molecule has 0 fully saturated rings. The molecule has 1 aliphatic heterocycles. The van der Waals surface area contributed by atoms with E-state index in [0.29, 0.717) is 30.9 Å². The molecular weight excluding hydrogens is 252 g/mol. The molecular formula is C17H16O3. The summed E-state index contributed by atoms with van der Waals surface area (Å²) in [6, 6.07) is 13.6. The first-order chi connectivity index (χ1) is 9.72. The number of ketones is 1. The molecule has 0 amide bonds. The highest BCUT2D eigenvalue weighted by Crippen LogP contribution is 2.29. The van der Waals surface area contributed by atoms with E-state index < -0.39 is 0 Å². The molecule has 0 radical (unpaired) electrons. The van der Waals surface area contributed by atoms with Gasteiger partial charge in [-0.2, -0.15) is 0 Å². The van der Waals surface area contributed by atoms with Crippen molar-refractivity contribution in [3.8, 4) is 11.5 Å². The van der Waals surface area contributed by atoms with Crippen LogP contribution in [0, 0.1) is 6.92 Å². The second kappa shape index (κ2) is 5.37. The van der Waals surface area contributed by atoms with Gasteiger partial charge in [0.15, 0.2) is 5.78 Å². The molecule has 2 aromatic carbocycles. The van der Waals surface area contributed by atoms with Gasteiger partial charge in [0, 0.05) is 12.5 Å². The minimum atomic E-state index is 0.135. The second-order valence-corrected chi connectivity index (χ2v) is 4.95. The fraction of sp³-hybridized carbons (Fsp3) is 0.235. The Morgan fingerprint density at radius 1 is 1.15 bits per heavy atom. The van der Waals surface area contributed by atoms with Crippen LogP contribution in [-0.4, -0.2) is 12.4 Å². The summed E-state index contributed by atoms with van der Waals surface area (Å²) >= 11 is 0. The van der Waals surface area contributed by atoms with E-state index in [-0.39, 0.29) is 5.78 Å². The number of fused-ring (bicyclic) bond motifs is 1.